The van der Waals surface area contributed by atoms with Crippen molar-refractivity contribution >= 4 is 11.5 Å². The van der Waals surface area contributed by atoms with Gasteiger partial charge in [0.1, 0.15) is 0 Å². The summed E-state index contributed by atoms with van der Waals surface area (Å²) in [6.45, 7) is 1.82. The summed E-state index contributed by atoms with van der Waals surface area (Å²) >= 11 is 0. The normalized spacial score (nSPS) is 11.3. The second-order valence-corrected chi connectivity index (χ2v) is 2.36. The number of esters is 1. The third kappa shape index (κ3) is 1.99. The molecule has 0 unspecified atom stereocenters. The van der Waals surface area contributed by atoms with E-state index in [4.69, 9.17) is 4.42 Å². The van der Waals surface area contributed by atoms with Crippen LogP contribution >= 0.6 is 0 Å². The van der Waals surface area contributed by atoms with Gasteiger partial charge in [-0.2, -0.15) is 0 Å². The molecule has 0 aliphatic rings. The SMILES string of the molecule is COC(=O)/C=C(/C)c1ccoc1. The minimum Gasteiger partial charge on any atom is -0.472 e. The van der Waals surface area contributed by atoms with Gasteiger partial charge in [0.2, 0.25) is 0 Å². The van der Waals surface area contributed by atoms with Gasteiger partial charge in [0.25, 0.3) is 0 Å². The van der Waals surface area contributed by atoms with Crippen molar-refractivity contribution in [3.05, 3.63) is 30.2 Å². The van der Waals surface area contributed by atoms with Gasteiger partial charge in [-0.25, -0.2) is 4.79 Å². The Morgan fingerprint density at radius 2 is 2.42 bits per heavy atom. The van der Waals surface area contributed by atoms with E-state index in [-0.39, 0.29) is 5.97 Å². The van der Waals surface area contributed by atoms with Crippen LogP contribution in [0.5, 0.6) is 0 Å². The van der Waals surface area contributed by atoms with E-state index in [0.29, 0.717) is 0 Å². The van der Waals surface area contributed by atoms with Crippen molar-refractivity contribution in [3.63, 3.8) is 0 Å². The summed E-state index contributed by atoms with van der Waals surface area (Å²) in [5.41, 5.74) is 1.72. The third-order valence-electron chi connectivity index (χ3n) is 1.51. The van der Waals surface area contributed by atoms with Gasteiger partial charge in [-0.15, -0.1) is 0 Å². The Labute approximate surface area is 70.6 Å². The van der Waals surface area contributed by atoms with Crippen molar-refractivity contribution in [2.24, 2.45) is 0 Å². The molecule has 1 rings (SSSR count). The Morgan fingerprint density at radius 3 is 2.92 bits per heavy atom. The molecule has 12 heavy (non-hydrogen) atoms. The monoisotopic (exact) mass is 166 g/mol. The van der Waals surface area contributed by atoms with Crippen LogP contribution in [0.4, 0.5) is 0 Å². The molecule has 0 aliphatic heterocycles. The minimum absolute atomic E-state index is 0.353. The second-order valence-electron chi connectivity index (χ2n) is 2.36. The number of allylic oxidation sites excluding steroid dienone is 1. The van der Waals surface area contributed by atoms with Gasteiger partial charge in [0.15, 0.2) is 0 Å². The number of furan rings is 1. The molecule has 0 amide bonds. The van der Waals surface area contributed by atoms with Gasteiger partial charge in [0.05, 0.1) is 19.6 Å². The van der Waals surface area contributed by atoms with Crippen LogP contribution in [0.15, 0.2) is 29.1 Å². The highest BCUT2D eigenvalue weighted by Gasteiger charge is 1.99. The Hall–Kier alpha value is -1.51. The largest absolute Gasteiger partial charge is 0.472 e. The zero-order valence-electron chi connectivity index (χ0n) is 7.03. The fourth-order valence-corrected chi connectivity index (χ4v) is 0.808. The average molecular weight is 166 g/mol. The lowest BCUT2D eigenvalue weighted by atomic mass is 10.1. The molecule has 1 heterocycles. The molecule has 0 atom stereocenters. The van der Waals surface area contributed by atoms with Crippen molar-refractivity contribution in [2.45, 2.75) is 6.92 Å². The molecular formula is C9H10O3. The Bertz CT molecular complexity index is 283. The number of methoxy groups -OCH3 is 1. The van der Waals surface area contributed by atoms with Crippen LogP contribution < -0.4 is 0 Å². The zero-order valence-corrected chi connectivity index (χ0v) is 7.03. The van der Waals surface area contributed by atoms with Crippen molar-refractivity contribution in [1.29, 1.82) is 0 Å². The summed E-state index contributed by atoms with van der Waals surface area (Å²) in [6.07, 6.45) is 4.56. The van der Waals surface area contributed by atoms with Crippen molar-refractivity contribution in [3.8, 4) is 0 Å². The Morgan fingerprint density at radius 1 is 1.67 bits per heavy atom. The van der Waals surface area contributed by atoms with Crippen LogP contribution in [-0.4, -0.2) is 13.1 Å². The number of hydrogen-bond donors (Lipinski definition) is 0. The predicted molar refractivity (Wildman–Crippen MR) is 44.4 cm³/mol. The van der Waals surface area contributed by atoms with Crippen molar-refractivity contribution in [2.75, 3.05) is 7.11 Å². The van der Waals surface area contributed by atoms with Crippen LogP contribution in [0.3, 0.4) is 0 Å². The molecule has 3 nitrogen and oxygen atoms in total. The number of hydrogen-bond acceptors (Lipinski definition) is 3. The van der Waals surface area contributed by atoms with E-state index < -0.39 is 0 Å². The maximum absolute atomic E-state index is 10.8. The highest BCUT2D eigenvalue weighted by molar-refractivity contribution is 5.90. The van der Waals surface area contributed by atoms with Gasteiger partial charge in [0, 0.05) is 11.6 Å². The maximum Gasteiger partial charge on any atom is 0.330 e. The fourth-order valence-electron chi connectivity index (χ4n) is 0.808. The first-order valence-corrected chi connectivity index (χ1v) is 3.53. The molecule has 0 spiro atoms. The lowest BCUT2D eigenvalue weighted by molar-refractivity contribution is -0.134. The highest BCUT2D eigenvalue weighted by atomic mass is 16.5. The topological polar surface area (TPSA) is 39.4 Å². The van der Waals surface area contributed by atoms with Gasteiger partial charge in [-0.05, 0) is 18.6 Å². The van der Waals surface area contributed by atoms with Crippen molar-refractivity contribution in [1.82, 2.24) is 0 Å². The van der Waals surface area contributed by atoms with Crippen LogP contribution in [0.2, 0.25) is 0 Å². The van der Waals surface area contributed by atoms with Crippen molar-refractivity contribution < 1.29 is 13.9 Å². The van der Waals surface area contributed by atoms with E-state index in [1.165, 1.54) is 13.2 Å². The molecule has 0 saturated heterocycles. The summed E-state index contributed by atoms with van der Waals surface area (Å²) in [7, 11) is 1.35. The standard InChI is InChI=1S/C9H10O3/c1-7(5-9(10)11-2)8-3-4-12-6-8/h3-6H,1-2H3/b7-5-. The Balaban J connectivity index is 2.77. The molecule has 0 radical (unpaired) electrons. The van der Waals surface area contributed by atoms with Gasteiger partial charge >= 0.3 is 5.97 Å². The molecule has 1 aromatic heterocycles. The van der Waals surface area contributed by atoms with Gasteiger partial charge in [-0.1, -0.05) is 0 Å². The summed E-state index contributed by atoms with van der Waals surface area (Å²) in [4.78, 5) is 10.8. The quantitative estimate of drug-likeness (QED) is 0.497. The molecular weight excluding hydrogens is 156 g/mol. The highest BCUT2D eigenvalue weighted by Crippen LogP contribution is 2.13. The summed E-state index contributed by atoms with van der Waals surface area (Å²) in [5.74, 6) is -0.353. The van der Waals surface area contributed by atoms with E-state index in [1.54, 1.807) is 18.6 Å². The first-order valence-electron chi connectivity index (χ1n) is 3.53. The van der Waals surface area contributed by atoms with Crippen LogP contribution in [-0.2, 0) is 9.53 Å². The Kier molecular flexibility index (Phi) is 2.69. The molecule has 0 bridgehead atoms. The first-order chi connectivity index (χ1) is 5.74. The average Bonchev–Trinajstić information content (AvgIpc) is 2.56. The summed E-state index contributed by atoms with van der Waals surface area (Å²) in [6, 6.07) is 1.79. The second kappa shape index (κ2) is 3.76. The lowest BCUT2D eigenvalue weighted by Crippen LogP contribution is -1.95. The molecule has 3 heteroatoms. The zero-order chi connectivity index (χ0) is 8.97. The summed E-state index contributed by atoms with van der Waals surface area (Å²) < 4.78 is 9.33. The number of ether oxygens (including phenoxy) is 1. The number of carbonyl (C=O) groups is 1. The smallest absolute Gasteiger partial charge is 0.330 e. The van der Waals surface area contributed by atoms with Crippen LogP contribution in [0.25, 0.3) is 5.57 Å². The number of rotatable bonds is 2. The van der Waals surface area contributed by atoms with Crippen LogP contribution in [0.1, 0.15) is 12.5 Å². The van der Waals surface area contributed by atoms with Gasteiger partial charge in [-0.3, -0.25) is 0 Å². The number of carbonyl (C=O) groups excluding carboxylic acids is 1. The van der Waals surface area contributed by atoms with Gasteiger partial charge < -0.3 is 9.15 Å². The predicted octanol–water partition coefficient (Wildman–Crippen LogP) is 1.86. The van der Waals surface area contributed by atoms with E-state index in [9.17, 15) is 4.79 Å². The molecule has 0 fully saturated rings. The molecule has 1 aromatic rings. The van der Waals surface area contributed by atoms with E-state index in [1.807, 2.05) is 6.92 Å². The lowest BCUT2D eigenvalue weighted by Gasteiger charge is -1.94. The first kappa shape index (κ1) is 8.59. The van der Waals surface area contributed by atoms with E-state index >= 15 is 0 Å². The fraction of sp³-hybridized carbons (Fsp3) is 0.222. The van der Waals surface area contributed by atoms with Crippen LogP contribution in [0, 0.1) is 0 Å². The summed E-state index contributed by atoms with van der Waals surface area (Å²) in [5, 5.41) is 0. The third-order valence-corrected chi connectivity index (χ3v) is 1.51. The molecule has 0 aromatic carbocycles. The molecule has 0 saturated carbocycles. The molecule has 0 aliphatic carbocycles. The molecule has 0 N–H and O–H groups in total. The maximum atomic E-state index is 10.8. The minimum atomic E-state index is -0.353. The molecule has 64 valence electrons. The van der Waals surface area contributed by atoms with E-state index in [2.05, 4.69) is 4.74 Å². The van der Waals surface area contributed by atoms with E-state index in [0.717, 1.165) is 11.1 Å².